The number of nitrogens with zero attached hydrogens (tertiary/aromatic N) is 3. The summed E-state index contributed by atoms with van der Waals surface area (Å²) in [6.45, 7) is 4.66. The van der Waals surface area contributed by atoms with Gasteiger partial charge in [0, 0.05) is 23.9 Å². The van der Waals surface area contributed by atoms with Crippen molar-refractivity contribution < 1.29 is 19.7 Å². The Bertz CT molecular complexity index is 1330. The predicted octanol–water partition coefficient (Wildman–Crippen LogP) is 5.66. The van der Waals surface area contributed by atoms with Gasteiger partial charge in [0.2, 0.25) is 0 Å². The molecule has 7 heteroatoms. The minimum absolute atomic E-state index is 0.0273. The minimum atomic E-state index is -0.446. The Kier molecular flexibility index (Phi) is 5.78. The molecular formula is C31H37N3O4. The van der Waals surface area contributed by atoms with Crippen LogP contribution in [0.2, 0.25) is 0 Å². The molecule has 0 radical (unpaired) electrons. The number of fused-ring (bicyclic) bond motifs is 6. The van der Waals surface area contributed by atoms with Gasteiger partial charge in [0.25, 0.3) is 0 Å². The van der Waals surface area contributed by atoms with Crippen LogP contribution in [0.15, 0.2) is 48.7 Å². The molecule has 1 saturated heterocycles. The normalized spacial score (nSPS) is 31.2. The number of phenolic OH excluding ortho intramolecular Hbond substituents is 2. The maximum absolute atomic E-state index is 10.1. The number of phenols is 2. The van der Waals surface area contributed by atoms with E-state index in [0.717, 1.165) is 56.3 Å². The summed E-state index contributed by atoms with van der Waals surface area (Å²) in [6, 6.07) is 13.2. The second kappa shape index (κ2) is 9.09. The molecule has 38 heavy (non-hydrogen) atoms. The van der Waals surface area contributed by atoms with E-state index in [1.165, 1.54) is 17.5 Å². The second-order valence-corrected chi connectivity index (χ2v) is 12.1. The molecule has 200 valence electrons. The summed E-state index contributed by atoms with van der Waals surface area (Å²) in [5.41, 5.74) is 4.47. The average molecular weight is 516 g/mol. The molecule has 1 aromatic heterocycles. The smallest absolute Gasteiger partial charge is 0.174 e. The van der Waals surface area contributed by atoms with Gasteiger partial charge >= 0.3 is 0 Å². The zero-order valence-electron chi connectivity index (χ0n) is 22.1. The highest BCUT2D eigenvalue weighted by atomic mass is 16.7. The monoisotopic (exact) mass is 515 g/mol. The summed E-state index contributed by atoms with van der Waals surface area (Å²) in [7, 11) is 0. The van der Waals surface area contributed by atoms with Crippen LogP contribution in [0.3, 0.4) is 0 Å². The van der Waals surface area contributed by atoms with Gasteiger partial charge in [-0.1, -0.05) is 30.3 Å². The lowest BCUT2D eigenvalue weighted by Crippen LogP contribution is -2.51. The average Bonchev–Trinajstić information content (AvgIpc) is 3.63. The first-order chi connectivity index (χ1) is 18.5. The van der Waals surface area contributed by atoms with Gasteiger partial charge in [-0.3, -0.25) is 4.68 Å². The molecule has 2 saturated carbocycles. The standard InChI is InChI=1S/C31H37N3O4/c1-30-12-11-26-25-10-8-24(36)16-20(25)7-9-27(26)29(30)22(18-31(30)37-14-15-38-31)5-3-13-34-19-28(32-33-34)21-4-2-6-23(35)17-21/h2,4,6,8,10,16-17,19,22,26-27,29,35-36H,3,5,7,9,11-15,18H2,1H3. The van der Waals surface area contributed by atoms with Crippen LogP contribution in [-0.2, 0) is 22.4 Å². The number of benzene rings is 2. The summed E-state index contributed by atoms with van der Waals surface area (Å²) < 4.78 is 14.9. The van der Waals surface area contributed by atoms with Crippen LogP contribution in [0.4, 0.5) is 0 Å². The zero-order chi connectivity index (χ0) is 25.9. The van der Waals surface area contributed by atoms with Crippen molar-refractivity contribution in [2.45, 2.75) is 70.1 Å². The van der Waals surface area contributed by atoms with Gasteiger partial charge in [-0.05, 0) is 97.6 Å². The highest BCUT2D eigenvalue weighted by Crippen LogP contribution is 2.68. The molecule has 2 N–H and O–H groups in total. The van der Waals surface area contributed by atoms with E-state index in [1.54, 1.807) is 12.1 Å². The number of aryl methyl sites for hydroxylation is 2. The third-order valence-corrected chi connectivity index (χ3v) is 10.3. The molecule has 7 rings (SSSR count). The van der Waals surface area contributed by atoms with E-state index in [0.29, 0.717) is 42.6 Å². The van der Waals surface area contributed by atoms with Gasteiger partial charge in [-0.25, -0.2) is 0 Å². The number of hydrogen-bond acceptors (Lipinski definition) is 6. The number of rotatable bonds is 5. The maximum atomic E-state index is 10.1. The SMILES string of the molecule is CC12CCC3c4ccc(O)cc4CCC3C1C(CCCn1cc(-c3cccc(O)c3)nn1)CC21OCCO1. The van der Waals surface area contributed by atoms with Crippen molar-refractivity contribution in [1.82, 2.24) is 15.0 Å². The van der Waals surface area contributed by atoms with Gasteiger partial charge in [0.15, 0.2) is 5.79 Å². The third-order valence-electron chi connectivity index (χ3n) is 10.3. The van der Waals surface area contributed by atoms with E-state index in [1.807, 2.05) is 35.1 Å². The fraction of sp³-hybridized carbons (Fsp3) is 0.548. The molecule has 3 aliphatic carbocycles. The molecule has 3 aromatic rings. The molecule has 2 heterocycles. The lowest BCUT2D eigenvalue weighted by Gasteiger charge is -2.53. The summed E-state index contributed by atoms with van der Waals surface area (Å²) in [4.78, 5) is 0. The van der Waals surface area contributed by atoms with E-state index in [9.17, 15) is 10.2 Å². The number of hydrogen-bond donors (Lipinski definition) is 2. The van der Waals surface area contributed by atoms with E-state index < -0.39 is 5.79 Å². The first-order valence-corrected chi connectivity index (χ1v) is 14.2. The van der Waals surface area contributed by atoms with Crippen LogP contribution in [0.25, 0.3) is 11.3 Å². The Balaban J connectivity index is 1.11. The Morgan fingerprint density at radius 2 is 1.89 bits per heavy atom. The molecule has 5 unspecified atom stereocenters. The minimum Gasteiger partial charge on any atom is -0.508 e. The van der Waals surface area contributed by atoms with Crippen LogP contribution in [0, 0.1) is 23.2 Å². The molecule has 1 spiro atoms. The van der Waals surface area contributed by atoms with E-state index in [-0.39, 0.29) is 11.2 Å². The van der Waals surface area contributed by atoms with Crippen molar-refractivity contribution in [2.75, 3.05) is 13.2 Å². The van der Waals surface area contributed by atoms with Crippen molar-refractivity contribution in [2.24, 2.45) is 23.2 Å². The fourth-order valence-electron chi connectivity index (χ4n) is 8.74. The Morgan fingerprint density at radius 3 is 2.74 bits per heavy atom. The number of ether oxygens (including phenoxy) is 2. The molecular weight excluding hydrogens is 478 g/mol. The Morgan fingerprint density at radius 1 is 1.05 bits per heavy atom. The topological polar surface area (TPSA) is 89.6 Å². The molecule has 0 bridgehead atoms. The van der Waals surface area contributed by atoms with Gasteiger partial charge in [-0.15, -0.1) is 5.10 Å². The first kappa shape index (κ1) is 24.2. The molecule has 2 aromatic carbocycles. The number of aromatic hydroxyl groups is 2. The number of aromatic nitrogens is 3. The summed E-state index contributed by atoms with van der Waals surface area (Å²) >= 11 is 0. The Hall–Kier alpha value is -2.90. The van der Waals surface area contributed by atoms with Crippen LogP contribution < -0.4 is 0 Å². The first-order valence-electron chi connectivity index (χ1n) is 14.2. The maximum Gasteiger partial charge on any atom is 0.174 e. The molecule has 4 aliphatic rings. The van der Waals surface area contributed by atoms with Crippen molar-refractivity contribution in [3.05, 3.63) is 59.8 Å². The van der Waals surface area contributed by atoms with Crippen LogP contribution in [0.1, 0.15) is 62.5 Å². The van der Waals surface area contributed by atoms with Crippen LogP contribution in [-0.4, -0.2) is 44.2 Å². The van der Waals surface area contributed by atoms with E-state index >= 15 is 0 Å². The highest BCUT2D eigenvalue weighted by Gasteiger charge is 2.68. The molecule has 5 atom stereocenters. The summed E-state index contributed by atoms with van der Waals surface area (Å²) in [5.74, 6) is 2.44. The van der Waals surface area contributed by atoms with E-state index in [4.69, 9.17) is 9.47 Å². The molecule has 0 amide bonds. The fourth-order valence-corrected chi connectivity index (χ4v) is 8.74. The lowest BCUT2D eigenvalue weighted by atomic mass is 9.53. The van der Waals surface area contributed by atoms with Gasteiger partial charge < -0.3 is 19.7 Å². The molecule has 3 fully saturated rings. The summed E-state index contributed by atoms with van der Waals surface area (Å²) in [6.07, 6.45) is 9.58. The highest BCUT2D eigenvalue weighted by molar-refractivity contribution is 5.59. The largest absolute Gasteiger partial charge is 0.508 e. The Labute approximate surface area is 223 Å². The van der Waals surface area contributed by atoms with Gasteiger partial charge in [0.05, 0.1) is 19.4 Å². The van der Waals surface area contributed by atoms with Crippen LogP contribution in [0.5, 0.6) is 11.5 Å². The van der Waals surface area contributed by atoms with E-state index in [2.05, 4.69) is 23.3 Å². The molecule has 1 aliphatic heterocycles. The summed E-state index contributed by atoms with van der Waals surface area (Å²) in [5, 5.41) is 28.6. The van der Waals surface area contributed by atoms with Crippen molar-refractivity contribution in [3.63, 3.8) is 0 Å². The predicted molar refractivity (Wildman–Crippen MR) is 143 cm³/mol. The van der Waals surface area contributed by atoms with Crippen molar-refractivity contribution in [3.8, 4) is 22.8 Å². The van der Waals surface area contributed by atoms with Gasteiger partial charge in [-0.2, -0.15) is 0 Å². The van der Waals surface area contributed by atoms with Gasteiger partial charge in [0.1, 0.15) is 17.2 Å². The quantitative estimate of drug-likeness (QED) is 0.456. The lowest BCUT2D eigenvalue weighted by molar-refractivity contribution is -0.237. The second-order valence-electron chi connectivity index (χ2n) is 12.1. The van der Waals surface area contributed by atoms with Crippen molar-refractivity contribution in [1.29, 1.82) is 0 Å². The zero-order valence-corrected chi connectivity index (χ0v) is 22.1. The van der Waals surface area contributed by atoms with Crippen molar-refractivity contribution >= 4 is 0 Å². The third kappa shape index (κ3) is 3.77. The van der Waals surface area contributed by atoms with Crippen LogP contribution >= 0.6 is 0 Å². The molecule has 7 nitrogen and oxygen atoms in total.